The third kappa shape index (κ3) is 7.94. The number of aryl methyl sites for hydroxylation is 1. The Labute approximate surface area is 231 Å². The number of carbonyl (C=O) groups excluding carboxylic acids is 1. The first-order valence-electron chi connectivity index (χ1n) is 11.5. The molecule has 210 valence electrons. The van der Waals surface area contributed by atoms with Crippen LogP contribution in [0.3, 0.4) is 0 Å². The molecule has 0 atom stereocenters. The molecule has 0 aliphatic heterocycles. The zero-order chi connectivity index (χ0) is 29.3. The zero-order valence-electron chi connectivity index (χ0n) is 20.9. The van der Waals surface area contributed by atoms with E-state index < -0.39 is 12.1 Å². The van der Waals surface area contributed by atoms with Crippen LogP contribution in [0.5, 0.6) is 17.4 Å². The standard InChI is InChI=1S/C24H22ClN5O3.C2HF3O2/c1-30-22(20(25)15-28-30)19-14-16(9-10-21(19)32-13-11-26)29-23(31)18-8-5-12-27-24(18)33-17-6-3-2-4-7-17;3-2(4,5)1(6)7/h2-10,12,14-15H,11,13,26H2,1H3,(H,29,31);(H,6,7). The van der Waals surface area contributed by atoms with Crippen LogP contribution in [0.2, 0.25) is 5.02 Å². The summed E-state index contributed by atoms with van der Waals surface area (Å²) < 4.78 is 45.0. The number of rotatable bonds is 8. The predicted octanol–water partition coefficient (Wildman–Crippen LogP) is 5.15. The van der Waals surface area contributed by atoms with Crippen LogP contribution >= 0.6 is 11.6 Å². The van der Waals surface area contributed by atoms with Crippen molar-refractivity contribution in [2.75, 3.05) is 18.5 Å². The molecule has 0 radical (unpaired) electrons. The SMILES string of the molecule is Cn1ncc(Cl)c1-c1cc(NC(=O)c2cccnc2Oc2ccccc2)ccc1OCCN.O=C(O)C(F)(F)F. The number of halogens is 4. The van der Waals surface area contributed by atoms with E-state index >= 15 is 0 Å². The van der Waals surface area contributed by atoms with Crippen LogP contribution in [0, 0.1) is 0 Å². The van der Waals surface area contributed by atoms with Crippen LogP contribution in [0.4, 0.5) is 18.9 Å². The molecule has 2 heterocycles. The first-order chi connectivity index (χ1) is 19.0. The van der Waals surface area contributed by atoms with E-state index in [4.69, 9.17) is 36.7 Å². The molecule has 0 saturated heterocycles. The Morgan fingerprint density at radius 2 is 1.82 bits per heavy atom. The molecule has 4 aromatic rings. The van der Waals surface area contributed by atoms with Gasteiger partial charge < -0.3 is 25.6 Å². The number of pyridine rings is 1. The summed E-state index contributed by atoms with van der Waals surface area (Å²) in [5.41, 5.74) is 7.77. The van der Waals surface area contributed by atoms with Gasteiger partial charge in [0.15, 0.2) is 0 Å². The number of hydrogen-bond donors (Lipinski definition) is 3. The molecule has 0 unspecified atom stereocenters. The molecule has 0 saturated carbocycles. The first-order valence-corrected chi connectivity index (χ1v) is 11.8. The third-order valence-electron chi connectivity index (χ3n) is 4.98. The van der Waals surface area contributed by atoms with Gasteiger partial charge in [0, 0.05) is 31.0 Å². The van der Waals surface area contributed by atoms with Gasteiger partial charge in [0.25, 0.3) is 5.91 Å². The van der Waals surface area contributed by atoms with Gasteiger partial charge in [-0.25, -0.2) is 9.78 Å². The topological polar surface area (TPSA) is 142 Å². The van der Waals surface area contributed by atoms with Gasteiger partial charge in [0.05, 0.1) is 16.9 Å². The Morgan fingerprint density at radius 3 is 2.42 bits per heavy atom. The Bertz CT molecular complexity index is 1450. The summed E-state index contributed by atoms with van der Waals surface area (Å²) in [4.78, 5) is 26.2. The third-order valence-corrected chi connectivity index (χ3v) is 5.25. The summed E-state index contributed by atoms with van der Waals surface area (Å²) in [5, 5.41) is 14.7. The Balaban J connectivity index is 0.000000559. The highest BCUT2D eigenvalue weighted by Crippen LogP contribution is 2.37. The fourth-order valence-electron chi connectivity index (χ4n) is 3.24. The zero-order valence-corrected chi connectivity index (χ0v) is 21.6. The van der Waals surface area contributed by atoms with Gasteiger partial charge in [-0.05, 0) is 42.5 Å². The van der Waals surface area contributed by atoms with Crippen LogP contribution in [0.1, 0.15) is 10.4 Å². The number of carboxylic acid groups (broad SMARTS) is 1. The summed E-state index contributed by atoms with van der Waals surface area (Å²) in [5.74, 6) is -1.75. The van der Waals surface area contributed by atoms with Crippen molar-refractivity contribution < 1.29 is 37.3 Å². The lowest BCUT2D eigenvalue weighted by Gasteiger charge is -2.15. The molecule has 40 heavy (non-hydrogen) atoms. The number of benzene rings is 2. The molecule has 4 N–H and O–H groups in total. The number of ether oxygens (including phenoxy) is 2. The minimum Gasteiger partial charge on any atom is -0.492 e. The van der Waals surface area contributed by atoms with Crippen LogP contribution in [0.25, 0.3) is 11.3 Å². The smallest absolute Gasteiger partial charge is 0.490 e. The monoisotopic (exact) mass is 577 g/mol. The molecule has 0 spiro atoms. The van der Waals surface area contributed by atoms with E-state index in [2.05, 4.69) is 15.4 Å². The Kier molecular flexibility index (Phi) is 10.1. The number of nitrogens with zero attached hydrogens (tertiary/aromatic N) is 3. The number of amides is 1. The van der Waals surface area contributed by atoms with Crippen molar-refractivity contribution >= 4 is 29.2 Å². The number of hydrogen-bond acceptors (Lipinski definition) is 7. The lowest BCUT2D eigenvalue weighted by molar-refractivity contribution is -0.192. The molecule has 2 aromatic heterocycles. The fourth-order valence-corrected chi connectivity index (χ4v) is 3.51. The molecule has 0 fully saturated rings. The molecule has 0 bridgehead atoms. The summed E-state index contributed by atoms with van der Waals surface area (Å²) in [7, 11) is 1.78. The predicted molar refractivity (Wildman–Crippen MR) is 141 cm³/mol. The molecule has 0 aliphatic rings. The van der Waals surface area contributed by atoms with Gasteiger partial charge in [-0.2, -0.15) is 18.3 Å². The molecule has 4 rings (SSSR count). The second-order valence-electron chi connectivity index (χ2n) is 7.84. The van der Waals surface area contributed by atoms with Gasteiger partial charge >= 0.3 is 12.1 Å². The lowest BCUT2D eigenvalue weighted by Crippen LogP contribution is -2.21. The van der Waals surface area contributed by atoms with Gasteiger partial charge in [-0.15, -0.1) is 0 Å². The molecule has 2 aromatic carbocycles. The number of carboxylic acids is 1. The second kappa shape index (κ2) is 13.4. The fraction of sp³-hybridized carbons (Fsp3) is 0.154. The highest BCUT2D eigenvalue weighted by Gasteiger charge is 2.38. The van der Waals surface area contributed by atoms with E-state index in [-0.39, 0.29) is 11.8 Å². The summed E-state index contributed by atoms with van der Waals surface area (Å²) in [6, 6.07) is 17.8. The van der Waals surface area contributed by atoms with Crippen molar-refractivity contribution in [3.8, 4) is 28.6 Å². The minimum atomic E-state index is -5.08. The van der Waals surface area contributed by atoms with Crippen LogP contribution in [-0.2, 0) is 11.8 Å². The molecular formula is C26H23ClF3N5O5. The summed E-state index contributed by atoms with van der Waals surface area (Å²) >= 11 is 6.36. The number of alkyl halides is 3. The second-order valence-corrected chi connectivity index (χ2v) is 8.25. The highest BCUT2D eigenvalue weighted by molar-refractivity contribution is 6.33. The van der Waals surface area contributed by atoms with Crippen LogP contribution in [0.15, 0.2) is 73.1 Å². The molecule has 14 heteroatoms. The van der Waals surface area contributed by atoms with Gasteiger partial charge in [-0.3, -0.25) is 9.48 Å². The molecule has 10 nitrogen and oxygen atoms in total. The summed E-state index contributed by atoms with van der Waals surface area (Å²) in [6.07, 6.45) is -1.96. The number of carbonyl (C=O) groups is 2. The Morgan fingerprint density at radius 1 is 1.12 bits per heavy atom. The van der Waals surface area contributed by atoms with Crippen molar-refractivity contribution in [3.63, 3.8) is 0 Å². The summed E-state index contributed by atoms with van der Waals surface area (Å²) in [6.45, 7) is 0.701. The maximum atomic E-state index is 13.1. The minimum absolute atomic E-state index is 0.207. The average molecular weight is 578 g/mol. The van der Waals surface area contributed by atoms with Crippen molar-refractivity contribution in [2.24, 2.45) is 12.8 Å². The van der Waals surface area contributed by atoms with E-state index in [1.54, 1.807) is 66.6 Å². The van der Waals surface area contributed by atoms with Crippen LogP contribution < -0.4 is 20.5 Å². The molecule has 1 amide bonds. The molecule has 0 aliphatic carbocycles. The van der Waals surface area contributed by atoms with E-state index in [0.29, 0.717) is 52.2 Å². The van der Waals surface area contributed by atoms with Crippen LogP contribution in [-0.4, -0.2) is 51.1 Å². The maximum absolute atomic E-state index is 13.1. The van der Waals surface area contributed by atoms with Crippen molar-refractivity contribution in [1.82, 2.24) is 14.8 Å². The number of para-hydroxylation sites is 1. The normalized spacial score (nSPS) is 10.8. The number of anilines is 1. The Hall–Kier alpha value is -4.62. The van der Waals surface area contributed by atoms with E-state index in [1.165, 1.54) is 0 Å². The van der Waals surface area contributed by atoms with Gasteiger partial charge in [0.2, 0.25) is 5.88 Å². The number of nitrogens with two attached hydrogens (primary N) is 1. The molecular weight excluding hydrogens is 555 g/mol. The van der Waals surface area contributed by atoms with E-state index in [1.807, 2.05) is 18.2 Å². The number of nitrogens with one attached hydrogen (secondary N) is 1. The maximum Gasteiger partial charge on any atom is 0.490 e. The lowest BCUT2D eigenvalue weighted by atomic mass is 10.1. The number of aliphatic carboxylic acids is 1. The van der Waals surface area contributed by atoms with E-state index in [0.717, 1.165) is 0 Å². The number of aromatic nitrogens is 3. The van der Waals surface area contributed by atoms with Crippen molar-refractivity contribution in [2.45, 2.75) is 6.18 Å². The van der Waals surface area contributed by atoms with Crippen molar-refractivity contribution in [3.05, 3.63) is 83.6 Å². The van der Waals surface area contributed by atoms with Gasteiger partial charge in [0.1, 0.15) is 23.7 Å². The van der Waals surface area contributed by atoms with Gasteiger partial charge in [-0.1, -0.05) is 29.8 Å². The highest BCUT2D eigenvalue weighted by atomic mass is 35.5. The largest absolute Gasteiger partial charge is 0.492 e. The quantitative estimate of drug-likeness (QED) is 0.261. The van der Waals surface area contributed by atoms with Crippen molar-refractivity contribution in [1.29, 1.82) is 0 Å². The van der Waals surface area contributed by atoms with E-state index in [9.17, 15) is 18.0 Å². The first kappa shape index (κ1) is 29.9. The average Bonchev–Trinajstić information content (AvgIpc) is 3.26.